The average Bonchev–Trinajstić information content (AvgIpc) is 2.29. The van der Waals surface area contributed by atoms with Gasteiger partial charge in [-0.15, -0.1) is 0 Å². The molecule has 0 heterocycles. The molecule has 12 heteroatoms. The number of rotatable bonds is 7. The van der Waals surface area contributed by atoms with Crippen LogP contribution in [0.3, 0.4) is 0 Å². The first kappa shape index (κ1) is 18.8. The van der Waals surface area contributed by atoms with Crippen LogP contribution in [-0.4, -0.2) is 67.7 Å². The normalized spacial score (nSPS) is 15.2. The van der Waals surface area contributed by atoms with Crippen molar-refractivity contribution in [3.05, 3.63) is 0 Å². The molecule has 0 unspecified atom stereocenters. The third-order valence-corrected chi connectivity index (χ3v) is 2.81. The standard InChI is InChI=1S/C8H14O10S2/c1-15-7(9)5(17-19(3,11)12)6(8(10)16-2)18-20(4,13)14/h5-6H,1-4H3/t5-,6-/m1/s1. The summed E-state index contributed by atoms with van der Waals surface area (Å²) in [4.78, 5) is 22.9. The van der Waals surface area contributed by atoms with Gasteiger partial charge in [0.2, 0.25) is 12.2 Å². The van der Waals surface area contributed by atoms with Crippen molar-refractivity contribution < 1.29 is 44.3 Å². The molecule has 0 aliphatic carbocycles. The molecule has 0 rings (SSSR count). The fourth-order valence-corrected chi connectivity index (χ4v) is 2.15. The SMILES string of the molecule is COC(=O)[C@H](OS(C)(=O)=O)[C@@H](OS(C)(=O)=O)C(=O)OC. The average molecular weight is 334 g/mol. The van der Waals surface area contributed by atoms with Gasteiger partial charge in [-0.2, -0.15) is 16.8 Å². The highest BCUT2D eigenvalue weighted by Crippen LogP contribution is 2.13. The molecule has 0 amide bonds. The van der Waals surface area contributed by atoms with Gasteiger partial charge in [0.25, 0.3) is 20.2 Å². The molecule has 10 nitrogen and oxygen atoms in total. The van der Waals surface area contributed by atoms with Crippen LogP contribution in [0.2, 0.25) is 0 Å². The largest absolute Gasteiger partial charge is 0.467 e. The van der Waals surface area contributed by atoms with Crippen molar-refractivity contribution in [3.8, 4) is 0 Å². The van der Waals surface area contributed by atoms with E-state index in [1.165, 1.54) is 0 Å². The van der Waals surface area contributed by atoms with Crippen molar-refractivity contribution in [2.75, 3.05) is 26.7 Å². The number of methoxy groups -OCH3 is 2. The van der Waals surface area contributed by atoms with Gasteiger partial charge in [-0.1, -0.05) is 0 Å². The molecule has 0 aliphatic rings. The van der Waals surface area contributed by atoms with Crippen LogP contribution in [0.1, 0.15) is 0 Å². The van der Waals surface area contributed by atoms with Crippen LogP contribution < -0.4 is 0 Å². The van der Waals surface area contributed by atoms with Gasteiger partial charge in [0, 0.05) is 0 Å². The summed E-state index contributed by atoms with van der Waals surface area (Å²) in [7, 11) is -6.64. The number of ether oxygens (including phenoxy) is 2. The molecular formula is C8H14O10S2. The van der Waals surface area contributed by atoms with E-state index in [1.807, 2.05) is 0 Å². The molecule has 0 radical (unpaired) electrons. The van der Waals surface area contributed by atoms with Crippen LogP contribution in [0.25, 0.3) is 0 Å². The van der Waals surface area contributed by atoms with Crippen molar-refractivity contribution in [3.63, 3.8) is 0 Å². The van der Waals surface area contributed by atoms with Crippen LogP contribution >= 0.6 is 0 Å². The smallest absolute Gasteiger partial charge is 0.340 e. The topological polar surface area (TPSA) is 139 Å². The summed E-state index contributed by atoms with van der Waals surface area (Å²) in [5.41, 5.74) is 0. The zero-order chi connectivity index (χ0) is 16.1. The second kappa shape index (κ2) is 6.97. The van der Waals surface area contributed by atoms with Crippen molar-refractivity contribution in [2.45, 2.75) is 12.2 Å². The molecule has 0 aromatic heterocycles. The third-order valence-electron chi connectivity index (χ3n) is 1.70. The van der Waals surface area contributed by atoms with Crippen LogP contribution in [0.4, 0.5) is 0 Å². The van der Waals surface area contributed by atoms with E-state index in [-0.39, 0.29) is 0 Å². The molecule has 0 bridgehead atoms. The van der Waals surface area contributed by atoms with Crippen molar-refractivity contribution in [2.24, 2.45) is 0 Å². The highest BCUT2D eigenvalue weighted by molar-refractivity contribution is 7.86. The zero-order valence-corrected chi connectivity index (χ0v) is 12.7. The van der Waals surface area contributed by atoms with E-state index < -0.39 is 44.4 Å². The van der Waals surface area contributed by atoms with E-state index in [4.69, 9.17) is 0 Å². The van der Waals surface area contributed by atoms with Crippen LogP contribution in [-0.2, 0) is 47.7 Å². The molecule has 0 aromatic rings. The minimum Gasteiger partial charge on any atom is -0.467 e. The first-order valence-corrected chi connectivity index (χ1v) is 8.46. The number of hydrogen-bond donors (Lipinski definition) is 0. The van der Waals surface area contributed by atoms with E-state index in [2.05, 4.69) is 17.8 Å². The number of esters is 2. The Morgan fingerprint density at radius 2 is 1.00 bits per heavy atom. The summed E-state index contributed by atoms with van der Waals surface area (Å²) in [5, 5.41) is 0. The lowest BCUT2D eigenvalue weighted by molar-refractivity contribution is -0.165. The lowest BCUT2D eigenvalue weighted by atomic mass is 10.2. The zero-order valence-electron chi connectivity index (χ0n) is 11.1. The maximum atomic E-state index is 11.4. The maximum absolute atomic E-state index is 11.4. The molecule has 20 heavy (non-hydrogen) atoms. The van der Waals surface area contributed by atoms with Crippen molar-refractivity contribution >= 4 is 32.2 Å². The Morgan fingerprint density at radius 1 is 0.750 bits per heavy atom. The monoisotopic (exact) mass is 334 g/mol. The minimum atomic E-state index is -4.20. The molecule has 118 valence electrons. The predicted molar refractivity (Wildman–Crippen MR) is 63.5 cm³/mol. The fourth-order valence-electron chi connectivity index (χ4n) is 1.04. The summed E-state index contributed by atoms with van der Waals surface area (Å²) in [6.07, 6.45) is -3.12. The number of carbonyl (C=O) groups is 2. The Bertz CT molecular complexity index is 508. The van der Waals surface area contributed by atoms with Gasteiger partial charge >= 0.3 is 11.9 Å². The molecule has 0 aromatic carbocycles. The third kappa shape index (κ3) is 6.79. The van der Waals surface area contributed by atoms with E-state index in [0.29, 0.717) is 12.5 Å². The quantitative estimate of drug-likeness (QED) is 0.380. The van der Waals surface area contributed by atoms with Gasteiger partial charge in [0.05, 0.1) is 26.7 Å². The highest BCUT2D eigenvalue weighted by atomic mass is 32.2. The number of hydrogen-bond acceptors (Lipinski definition) is 10. The van der Waals surface area contributed by atoms with E-state index in [9.17, 15) is 26.4 Å². The highest BCUT2D eigenvalue weighted by Gasteiger charge is 2.42. The molecule has 0 saturated heterocycles. The predicted octanol–water partition coefficient (Wildman–Crippen LogP) is -1.98. The Morgan fingerprint density at radius 3 is 1.15 bits per heavy atom. The maximum Gasteiger partial charge on any atom is 0.340 e. The minimum absolute atomic E-state index is 0.595. The lowest BCUT2D eigenvalue weighted by Gasteiger charge is -2.21. The van der Waals surface area contributed by atoms with E-state index in [1.54, 1.807) is 0 Å². The van der Waals surface area contributed by atoms with E-state index in [0.717, 1.165) is 14.2 Å². The molecule has 0 spiro atoms. The van der Waals surface area contributed by atoms with Gasteiger partial charge in [-0.25, -0.2) is 9.59 Å². The van der Waals surface area contributed by atoms with Gasteiger partial charge in [-0.05, 0) is 0 Å². The van der Waals surface area contributed by atoms with Crippen LogP contribution in [0.5, 0.6) is 0 Å². The van der Waals surface area contributed by atoms with Gasteiger partial charge in [0.1, 0.15) is 0 Å². The van der Waals surface area contributed by atoms with Gasteiger partial charge < -0.3 is 9.47 Å². The van der Waals surface area contributed by atoms with Crippen LogP contribution in [0, 0.1) is 0 Å². The number of carbonyl (C=O) groups excluding carboxylic acids is 2. The summed E-state index contributed by atoms with van der Waals surface area (Å²) >= 11 is 0. The fraction of sp³-hybridized carbons (Fsp3) is 0.750. The summed E-state index contributed by atoms with van der Waals surface area (Å²) in [5.74, 6) is -2.65. The molecule has 2 atom stereocenters. The van der Waals surface area contributed by atoms with Crippen LogP contribution in [0.15, 0.2) is 0 Å². The molecule has 0 saturated carbocycles. The van der Waals surface area contributed by atoms with Crippen molar-refractivity contribution in [1.82, 2.24) is 0 Å². The summed E-state index contributed by atoms with van der Waals surface area (Å²) in [6.45, 7) is 0. The Balaban J connectivity index is 5.62. The molecular weight excluding hydrogens is 320 g/mol. The summed E-state index contributed by atoms with van der Waals surface area (Å²) < 4.78 is 61.4. The second-order valence-electron chi connectivity index (χ2n) is 3.49. The first-order valence-electron chi connectivity index (χ1n) is 4.83. The van der Waals surface area contributed by atoms with Gasteiger partial charge in [-0.3, -0.25) is 8.37 Å². The first-order chi connectivity index (χ1) is 8.91. The summed E-state index contributed by atoms with van der Waals surface area (Å²) in [6, 6.07) is 0. The Hall–Kier alpha value is -1.24. The Labute approximate surface area is 116 Å². The van der Waals surface area contributed by atoms with Gasteiger partial charge in [0.15, 0.2) is 0 Å². The van der Waals surface area contributed by atoms with Crippen molar-refractivity contribution in [1.29, 1.82) is 0 Å². The molecule has 0 N–H and O–H groups in total. The Kier molecular flexibility index (Phi) is 6.53. The molecule has 0 aliphatic heterocycles. The molecule has 0 fully saturated rings. The van der Waals surface area contributed by atoms with E-state index >= 15 is 0 Å². The second-order valence-corrected chi connectivity index (χ2v) is 6.69. The lowest BCUT2D eigenvalue weighted by Crippen LogP contribution is -2.46.